The molecular formula is C11H12BrF2NO3. The van der Waals surface area contributed by atoms with Gasteiger partial charge in [-0.3, -0.25) is 4.79 Å². The number of aromatic hydroxyl groups is 1. The minimum atomic E-state index is -2.90. The SMILES string of the molecule is CCOC(=O)Cc1cc(CBr)nc(C(F)F)c1O. The highest BCUT2D eigenvalue weighted by molar-refractivity contribution is 9.08. The van der Waals surface area contributed by atoms with Crippen LogP contribution < -0.4 is 0 Å². The maximum Gasteiger partial charge on any atom is 0.310 e. The number of hydrogen-bond donors (Lipinski definition) is 1. The van der Waals surface area contributed by atoms with E-state index < -0.39 is 23.8 Å². The molecule has 0 aliphatic rings. The van der Waals surface area contributed by atoms with Gasteiger partial charge in [-0.2, -0.15) is 0 Å². The van der Waals surface area contributed by atoms with Crippen LogP contribution >= 0.6 is 15.9 Å². The fraction of sp³-hybridized carbons (Fsp3) is 0.455. The van der Waals surface area contributed by atoms with Gasteiger partial charge in [0.1, 0.15) is 11.4 Å². The van der Waals surface area contributed by atoms with E-state index in [0.717, 1.165) is 0 Å². The molecule has 0 spiro atoms. The summed E-state index contributed by atoms with van der Waals surface area (Å²) < 4.78 is 30.0. The molecule has 0 atom stereocenters. The van der Waals surface area contributed by atoms with E-state index in [1.54, 1.807) is 6.92 Å². The molecule has 0 fully saturated rings. The van der Waals surface area contributed by atoms with Crippen LogP contribution in [0, 0.1) is 0 Å². The van der Waals surface area contributed by atoms with Gasteiger partial charge in [0.2, 0.25) is 0 Å². The third kappa shape index (κ3) is 3.63. The van der Waals surface area contributed by atoms with Crippen LogP contribution in [0.25, 0.3) is 0 Å². The summed E-state index contributed by atoms with van der Waals surface area (Å²) >= 11 is 3.09. The molecule has 0 saturated heterocycles. The van der Waals surface area contributed by atoms with Gasteiger partial charge in [-0.15, -0.1) is 0 Å². The van der Waals surface area contributed by atoms with Gasteiger partial charge in [-0.1, -0.05) is 15.9 Å². The van der Waals surface area contributed by atoms with Gasteiger partial charge < -0.3 is 9.84 Å². The zero-order valence-corrected chi connectivity index (χ0v) is 11.2. The molecule has 1 aromatic rings. The molecule has 0 aliphatic carbocycles. The number of pyridine rings is 1. The van der Waals surface area contributed by atoms with E-state index in [4.69, 9.17) is 4.74 Å². The predicted octanol–water partition coefficient (Wildman–Crippen LogP) is 2.73. The van der Waals surface area contributed by atoms with E-state index in [2.05, 4.69) is 20.9 Å². The number of carbonyl (C=O) groups excluding carboxylic acids is 1. The van der Waals surface area contributed by atoms with Crippen molar-refractivity contribution in [2.45, 2.75) is 25.1 Å². The van der Waals surface area contributed by atoms with Crippen LogP contribution in [0.2, 0.25) is 0 Å². The number of hydrogen-bond acceptors (Lipinski definition) is 4. The first-order valence-corrected chi connectivity index (χ1v) is 6.33. The molecule has 0 radical (unpaired) electrons. The number of nitrogens with zero attached hydrogens (tertiary/aromatic N) is 1. The van der Waals surface area contributed by atoms with E-state index in [1.165, 1.54) is 6.07 Å². The lowest BCUT2D eigenvalue weighted by Gasteiger charge is -2.10. The Morgan fingerprint density at radius 1 is 1.61 bits per heavy atom. The van der Waals surface area contributed by atoms with Crippen LogP contribution in [-0.2, 0) is 21.3 Å². The normalized spacial score (nSPS) is 10.7. The molecule has 100 valence electrons. The van der Waals surface area contributed by atoms with Gasteiger partial charge in [0, 0.05) is 10.9 Å². The summed E-state index contributed by atoms with van der Waals surface area (Å²) in [4.78, 5) is 14.9. The minimum Gasteiger partial charge on any atom is -0.506 e. The molecule has 7 heteroatoms. The summed E-state index contributed by atoms with van der Waals surface area (Å²) in [6.07, 6.45) is -3.16. The van der Waals surface area contributed by atoms with Gasteiger partial charge >= 0.3 is 5.97 Å². The molecule has 0 aliphatic heterocycles. The van der Waals surface area contributed by atoms with Crippen molar-refractivity contribution < 1.29 is 23.4 Å². The van der Waals surface area contributed by atoms with Gasteiger partial charge in [-0.05, 0) is 13.0 Å². The van der Waals surface area contributed by atoms with Crippen LogP contribution in [0.3, 0.4) is 0 Å². The zero-order valence-electron chi connectivity index (χ0n) is 9.62. The lowest BCUT2D eigenvalue weighted by atomic mass is 10.1. The largest absolute Gasteiger partial charge is 0.506 e. The predicted molar refractivity (Wildman–Crippen MR) is 63.8 cm³/mol. The van der Waals surface area contributed by atoms with Crippen molar-refractivity contribution in [1.29, 1.82) is 0 Å². The first kappa shape index (κ1) is 14.8. The summed E-state index contributed by atoms with van der Waals surface area (Å²) in [6, 6.07) is 1.40. The highest BCUT2D eigenvalue weighted by Crippen LogP contribution is 2.31. The average Bonchev–Trinajstić information content (AvgIpc) is 2.31. The van der Waals surface area contributed by atoms with E-state index in [-0.39, 0.29) is 23.9 Å². The van der Waals surface area contributed by atoms with E-state index >= 15 is 0 Å². The van der Waals surface area contributed by atoms with E-state index in [0.29, 0.717) is 5.69 Å². The van der Waals surface area contributed by atoms with Crippen molar-refractivity contribution in [3.8, 4) is 5.75 Å². The average molecular weight is 324 g/mol. The molecule has 0 unspecified atom stereocenters. The molecule has 1 rings (SSSR count). The highest BCUT2D eigenvalue weighted by Gasteiger charge is 2.20. The van der Waals surface area contributed by atoms with Crippen LogP contribution in [0.4, 0.5) is 8.78 Å². The van der Waals surface area contributed by atoms with E-state index in [9.17, 15) is 18.7 Å². The van der Waals surface area contributed by atoms with Gasteiger partial charge in [0.05, 0.1) is 18.7 Å². The monoisotopic (exact) mass is 323 g/mol. The van der Waals surface area contributed by atoms with E-state index in [1.807, 2.05) is 0 Å². The second kappa shape index (κ2) is 6.63. The third-order valence-electron chi connectivity index (χ3n) is 2.14. The highest BCUT2D eigenvalue weighted by atomic mass is 79.9. The Morgan fingerprint density at radius 3 is 2.78 bits per heavy atom. The number of halogens is 3. The van der Waals surface area contributed by atoms with Crippen LogP contribution in [0.15, 0.2) is 6.07 Å². The molecule has 0 bridgehead atoms. The fourth-order valence-corrected chi connectivity index (χ4v) is 1.68. The number of carbonyl (C=O) groups is 1. The van der Waals surface area contributed by atoms with Crippen molar-refractivity contribution in [3.63, 3.8) is 0 Å². The molecule has 1 N–H and O–H groups in total. The van der Waals surface area contributed by atoms with Crippen molar-refractivity contribution >= 4 is 21.9 Å². The molecule has 1 aromatic heterocycles. The first-order valence-electron chi connectivity index (χ1n) is 5.21. The van der Waals surface area contributed by atoms with Crippen molar-refractivity contribution in [1.82, 2.24) is 4.98 Å². The molecule has 0 aromatic carbocycles. The summed E-state index contributed by atoms with van der Waals surface area (Å²) in [7, 11) is 0. The number of alkyl halides is 3. The number of ether oxygens (including phenoxy) is 1. The Balaban J connectivity index is 3.09. The Kier molecular flexibility index (Phi) is 5.46. The quantitative estimate of drug-likeness (QED) is 0.668. The third-order valence-corrected chi connectivity index (χ3v) is 2.71. The zero-order chi connectivity index (χ0) is 13.7. The maximum atomic E-state index is 12.7. The second-order valence-electron chi connectivity index (χ2n) is 3.42. The maximum absolute atomic E-state index is 12.7. The van der Waals surface area contributed by atoms with Crippen molar-refractivity contribution in [2.75, 3.05) is 6.61 Å². The van der Waals surface area contributed by atoms with Crippen LogP contribution in [0.1, 0.15) is 30.3 Å². The summed E-state index contributed by atoms with van der Waals surface area (Å²) in [5, 5.41) is 9.88. The Morgan fingerprint density at radius 2 is 2.28 bits per heavy atom. The molecule has 1 heterocycles. The molecule has 0 amide bonds. The van der Waals surface area contributed by atoms with Crippen molar-refractivity contribution in [2.24, 2.45) is 0 Å². The summed E-state index contributed by atoms with van der Waals surface area (Å²) in [6.45, 7) is 1.83. The van der Waals surface area contributed by atoms with Crippen LogP contribution in [-0.4, -0.2) is 22.7 Å². The molecule has 0 saturated carbocycles. The van der Waals surface area contributed by atoms with Crippen molar-refractivity contribution in [3.05, 3.63) is 23.0 Å². The topological polar surface area (TPSA) is 59.4 Å². The summed E-state index contributed by atoms with van der Waals surface area (Å²) in [5.74, 6) is -1.23. The van der Waals surface area contributed by atoms with Gasteiger partial charge in [-0.25, -0.2) is 13.8 Å². The lowest BCUT2D eigenvalue weighted by molar-refractivity contribution is -0.142. The Bertz CT molecular complexity index is 441. The molecule has 18 heavy (non-hydrogen) atoms. The second-order valence-corrected chi connectivity index (χ2v) is 3.98. The molecular weight excluding hydrogens is 312 g/mol. The van der Waals surface area contributed by atoms with Gasteiger partial charge in [0.25, 0.3) is 6.43 Å². The lowest BCUT2D eigenvalue weighted by Crippen LogP contribution is -2.09. The first-order chi connectivity index (χ1) is 8.49. The van der Waals surface area contributed by atoms with Gasteiger partial charge in [0.15, 0.2) is 0 Å². The fourth-order valence-electron chi connectivity index (χ4n) is 1.40. The Hall–Kier alpha value is -1.24. The number of aromatic nitrogens is 1. The smallest absolute Gasteiger partial charge is 0.310 e. The Labute approximate surface area is 111 Å². The number of esters is 1. The molecule has 4 nitrogen and oxygen atoms in total. The number of rotatable bonds is 5. The van der Waals surface area contributed by atoms with Crippen LogP contribution in [0.5, 0.6) is 5.75 Å². The summed E-state index contributed by atoms with van der Waals surface area (Å²) in [5.41, 5.74) is -0.304. The minimum absolute atomic E-state index is 0.0909. The standard InChI is InChI=1S/C11H12BrF2NO3/c1-2-18-8(16)4-6-3-7(5-12)15-9(10(6)17)11(13)14/h3,11,17H,2,4-5H2,1H3.